The van der Waals surface area contributed by atoms with Crippen molar-refractivity contribution in [3.05, 3.63) is 72.1 Å². The van der Waals surface area contributed by atoms with Gasteiger partial charge in [0.25, 0.3) is 0 Å². The zero-order valence-electron chi connectivity index (χ0n) is 17.4. The Morgan fingerprint density at radius 2 is 1.84 bits per heavy atom. The number of nitrogens with two attached hydrogens (primary N) is 2. The number of rotatable bonds is 7. The summed E-state index contributed by atoms with van der Waals surface area (Å²) in [6.45, 7) is 1.21. The van der Waals surface area contributed by atoms with E-state index in [0.717, 1.165) is 18.6 Å². The summed E-state index contributed by atoms with van der Waals surface area (Å²) >= 11 is -1.51. The second-order valence-electron chi connectivity index (χ2n) is 7.44. The van der Waals surface area contributed by atoms with Gasteiger partial charge in [-0.05, 0) is 49.2 Å². The van der Waals surface area contributed by atoms with Gasteiger partial charge in [0.1, 0.15) is 29.5 Å². The Balaban J connectivity index is 1.53. The van der Waals surface area contributed by atoms with Gasteiger partial charge in [0.15, 0.2) is 11.2 Å². The van der Waals surface area contributed by atoms with E-state index in [9.17, 15) is 4.21 Å². The van der Waals surface area contributed by atoms with Gasteiger partial charge in [0, 0.05) is 24.7 Å². The summed E-state index contributed by atoms with van der Waals surface area (Å²) < 4.78 is 19.2. The van der Waals surface area contributed by atoms with Gasteiger partial charge < -0.3 is 15.8 Å². The fourth-order valence-corrected chi connectivity index (χ4v) is 4.27. The van der Waals surface area contributed by atoms with E-state index in [4.69, 9.17) is 21.0 Å². The number of anilines is 2. The smallest absolute Gasteiger partial charge is 0.167 e. The first-order chi connectivity index (χ1) is 15.5. The number of nitrogen functional groups attached to an aromatic ring is 1. The van der Waals surface area contributed by atoms with Crippen LogP contribution in [-0.2, 0) is 11.2 Å². The minimum atomic E-state index is -1.51. The van der Waals surface area contributed by atoms with Crippen LogP contribution in [0.2, 0.25) is 0 Å². The molecule has 2 atom stereocenters. The Labute approximate surface area is 189 Å². The molecule has 0 radical (unpaired) electrons. The van der Waals surface area contributed by atoms with Crippen molar-refractivity contribution in [1.29, 1.82) is 5.41 Å². The van der Waals surface area contributed by atoms with Crippen LogP contribution in [0.4, 0.5) is 11.6 Å². The van der Waals surface area contributed by atoms with Crippen LogP contribution in [0.25, 0.3) is 0 Å². The van der Waals surface area contributed by atoms with Crippen LogP contribution < -0.4 is 20.9 Å². The highest BCUT2D eigenvalue weighted by Crippen LogP contribution is 2.26. The molecule has 1 aliphatic rings. The van der Waals surface area contributed by atoms with Crippen LogP contribution in [0.3, 0.4) is 0 Å². The van der Waals surface area contributed by atoms with Crippen LogP contribution >= 0.6 is 0 Å². The van der Waals surface area contributed by atoms with Gasteiger partial charge in [0.2, 0.25) is 0 Å². The van der Waals surface area contributed by atoms with E-state index in [1.54, 1.807) is 28.6 Å². The normalized spacial score (nSPS) is 17.5. The maximum atomic E-state index is 11.7. The van der Waals surface area contributed by atoms with Crippen molar-refractivity contribution in [2.75, 3.05) is 24.1 Å². The number of aromatic nitrogens is 2. The van der Waals surface area contributed by atoms with E-state index in [-0.39, 0.29) is 17.6 Å². The molecule has 0 bridgehead atoms. The summed E-state index contributed by atoms with van der Waals surface area (Å²) in [5.74, 6) is 2.09. The first-order valence-corrected chi connectivity index (χ1v) is 11.4. The molecular formula is C22H25N7O2S. The molecule has 1 saturated heterocycles. The van der Waals surface area contributed by atoms with Gasteiger partial charge in [0.05, 0.1) is 11.3 Å². The molecule has 1 aliphatic heterocycles. The van der Waals surface area contributed by atoms with Gasteiger partial charge in [-0.25, -0.2) is 23.6 Å². The zero-order valence-corrected chi connectivity index (χ0v) is 18.2. The Bertz CT molecular complexity index is 1110. The maximum Gasteiger partial charge on any atom is 0.167 e. The number of hydrogen-bond acceptors (Lipinski definition) is 7. The second-order valence-corrected chi connectivity index (χ2v) is 8.51. The van der Waals surface area contributed by atoms with Crippen molar-refractivity contribution in [1.82, 2.24) is 14.3 Å². The standard InChI is InChI=1S/C22H25N7O2S/c23-20(15-8-10-18(11-9-15)31-17-6-2-1-3-7-17)19-21(24)26-14-27-22(19)28-16-5-4-12-29(13-16)32(25)30/h1-3,6-11,14,16,23H,4-5,12-13,25H2,(H3,24,26,27,28). The number of para-hydroxylation sites is 1. The number of benzene rings is 2. The minimum Gasteiger partial charge on any atom is -0.457 e. The first kappa shape index (κ1) is 21.9. The van der Waals surface area contributed by atoms with Gasteiger partial charge in [-0.2, -0.15) is 0 Å². The van der Waals surface area contributed by atoms with Crippen LogP contribution in [-0.4, -0.2) is 43.3 Å². The predicted molar refractivity (Wildman–Crippen MR) is 126 cm³/mol. The summed E-state index contributed by atoms with van der Waals surface area (Å²) in [6, 6.07) is 16.7. The fraction of sp³-hybridized carbons (Fsp3) is 0.227. The lowest BCUT2D eigenvalue weighted by Crippen LogP contribution is -2.45. The van der Waals surface area contributed by atoms with Crippen LogP contribution in [0.1, 0.15) is 24.0 Å². The third kappa shape index (κ3) is 5.10. The highest BCUT2D eigenvalue weighted by atomic mass is 32.2. The molecule has 166 valence electrons. The summed E-state index contributed by atoms with van der Waals surface area (Å²) in [5.41, 5.74) is 7.42. The summed E-state index contributed by atoms with van der Waals surface area (Å²) in [7, 11) is 0. The van der Waals surface area contributed by atoms with Crippen LogP contribution in [0.15, 0.2) is 60.9 Å². The van der Waals surface area contributed by atoms with Crippen molar-refractivity contribution in [2.45, 2.75) is 18.9 Å². The molecule has 32 heavy (non-hydrogen) atoms. The molecule has 2 aromatic carbocycles. The maximum absolute atomic E-state index is 11.7. The molecule has 0 aliphatic carbocycles. The first-order valence-electron chi connectivity index (χ1n) is 10.2. The number of nitrogens with zero attached hydrogens (tertiary/aromatic N) is 3. The average Bonchev–Trinajstić information content (AvgIpc) is 2.80. The number of piperidine rings is 1. The largest absolute Gasteiger partial charge is 0.457 e. The quantitative estimate of drug-likeness (QED) is 0.407. The lowest BCUT2D eigenvalue weighted by Gasteiger charge is -2.31. The molecule has 10 heteroatoms. The van der Waals surface area contributed by atoms with Gasteiger partial charge in [-0.15, -0.1) is 0 Å². The SMILES string of the molecule is N=C(c1ccc(Oc2ccccc2)cc1)c1c(N)ncnc1NC1CCCN(S(N)=O)C1. The third-order valence-electron chi connectivity index (χ3n) is 5.23. The topological polar surface area (TPSA) is 143 Å². The molecule has 4 rings (SSSR count). The number of ether oxygens (including phenoxy) is 1. The fourth-order valence-electron chi connectivity index (χ4n) is 3.63. The van der Waals surface area contributed by atoms with Crippen LogP contribution in [0.5, 0.6) is 11.5 Å². The summed E-state index contributed by atoms with van der Waals surface area (Å²) in [4.78, 5) is 8.41. The number of nitrogens with one attached hydrogen (secondary N) is 2. The molecule has 1 aromatic heterocycles. The molecule has 2 unspecified atom stereocenters. The highest BCUT2D eigenvalue weighted by molar-refractivity contribution is 7.80. The van der Waals surface area contributed by atoms with Crippen molar-refractivity contribution < 1.29 is 8.95 Å². The zero-order chi connectivity index (χ0) is 22.5. The Morgan fingerprint density at radius 1 is 1.12 bits per heavy atom. The molecule has 2 heterocycles. The van der Waals surface area contributed by atoms with E-state index in [1.165, 1.54) is 6.33 Å². The Kier molecular flexibility index (Phi) is 6.74. The van der Waals surface area contributed by atoms with Gasteiger partial charge >= 0.3 is 0 Å². The number of hydrogen-bond donors (Lipinski definition) is 4. The van der Waals surface area contributed by atoms with E-state index < -0.39 is 11.2 Å². The highest BCUT2D eigenvalue weighted by Gasteiger charge is 2.25. The molecule has 0 amide bonds. The van der Waals surface area contributed by atoms with E-state index in [2.05, 4.69) is 15.3 Å². The van der Waals surface area contributed by atoms with E-state index in [0.29, 0.717) is 35.8 Å². The lowest BCUT2D eigenvalue weighted by molar-refractivity contribution is 0.343. The second kappa shape index (κ2) is 9.86. The van der Waals surface area contributed by atoms with Crippen molar-refractivity contribution >= 4 is 28.5 Å². The van der Waals surface area contributed by atoms with Crippen molar-refractivity contribution in [3.8, 4) is 11.5 Å². The van der Waals surface area contributed by atoms with Gasteiger partial charge in [-0.1, -0.05) is 18.2 Å². The van der Waals surface area contributed by atoms with Crippen molar-refractivity contribution in [2.24, 2.45) is 5.14 Å². The van der Waals surface area contributed by atoms with E-state index in [1.807, 2.05) is 30.3 Å². The van der Waals surface area contributed by atoms with Crippen LogP contribution in [0, 0.1) is 5.41 Å². The monoisotopic (exact) mass is 451 g/mol. The molecule has 9 nitrogen and oxygen atoms in total. The molecular weight excluding hydrogens is 426 g/mol. The Morgan fingerprint density at radius 3 is 2.56 bits per heavy atom. The van der Waals surface area contributed by atoms with Crippen molar-refractivity contribution in [3.63, 3.8) is 0 Å². The third-order valence-corrected chi connectivity index (χ3v) is 6.07. The molecule has 1 fully saturated rings. The lowest BCUT2D eigenvalue weighted by atomic mass is 10.0. The molecule has 6 N–H and O–H groups in total. The predicted octanol–water partition coefficient (Wildman–Crippen LogP) is 2.68. The van der Waals surface area contributed by atoms with E-state index >= 15 is 0 Å². The molecule has 3 aromatic rings. The minimum absolute atomic E-state index is 0.0150. The van der Waals surface area contributed by atoms with Gasteiger partial charge in [-0.3, -0.25) is 5.41 Å². The molecule has 0 spiro atoms. The Hall–Kier alpha value is -3.34. The average molecular weight is 452 g/mol. The summed E-state index contributed by atoms with van der Waals surface area (Å²) in [5, 5.41) is 17.6. The summed E-state index contributed by atoms with van der Waals surface area (Å²) in [6.07, 6.45) is 3.10. The molecule has 0 saturated carbocycles.